The Morgan fingerprint density at radius 1 is 1.21 bits per heavy atom. The minimum Gasteiger partial charge on any atom is -0.496 e. The summed E-state index contributed by atoms with van der Waals surface area (Å²) in [6, 6.07) is 5.44. The Morgan fingerprint density at radius 3 is 2.32 bits per heavy atom. The first-order valence-electron chi connectivity index (χ1n) is 6.71. The highest BCUT2D eigenvalue weighted by Crippen LogP contribution is 2.31. The third kappa shape index (κ3) is 3.26. The standard InChI is InChI=1S/C15H21NO3/c1-18-13-4-3-5-14(19-2)15(13)12(17)10-11-6-8-16-9-7-11/h3-5,11,16H,6-10H2,1-2H3. The van der Waals surface area contributed by atoms with Gasteiger partial charge in [0.25, 0.3) is 0 Å². The molecule has 1 N–H and O–H groups in total. The molecule has 0 unspecified atom stereocenters. The molecule has 1 aliphatic heterocycles. The zero-order valence-corrected chi connectivity index (χ0v) is 11.6. The zero-order chi connectivity index (χ0) is 13.7. The molecule has 4 nitrogen and oxygen atoms in total. The molecule has 4 heteroatoms. The summed E-state index contributed by atoms with van der Waals surface area (Å²) in [4.78, 5) is 12.5. The van der Waals surface area contributed by atoms with Crippen molar-refractivity contribution in [1.29, 1.82) is 0 Å². The molecule has 19 heavy (non-hydrogen) atoms. The number of ether oxygens (including phenoxy) is 2. The largest absolute Gasteiger partial charge is 0.496 e. The van der Waals surface area contributed by atoms with E-state index in [0.29, 0.717) is 29.4 Å². The van der Waals surface area contributed by atoms with Gasteiger partial charge in [-0.25, -0.2) is 0 Å². The number of piperidine rings is 1. The van der Waals surface area contributed by atoms with Gasteiger partial charge in [0.1, 0.15) is 17.1 Å². The van der Waals surface area contributed by atoms with Gasteiger partial charge in [0.05, 0.1) is 14.2 Å². The lowest BCUT2D eigenvalue weighted by molar-refractivity contribution is 0.0946. The highest BCUT2D eigenvalue weighted by molar-refractivity contribution is 6.01. The number of carbonyl (C=O) groups is 1. The van der Waals surface area contributed by atoms with Crippen molar-refractivity contribution in [2.75, 3.05) is 27.3 Å². The maximum Gasteiger partial charge on any atom is 0.170 e. The van der Waals surface area contributed by atoms with E-state index < -0.39 is 0 Å². The molecule has 1 fully saturated rings. The van der Waals surface area contributed by atoms with E-state index in [0.717, 1.165) is 25.9 Å². The van der Waals surface area contributed by atoms with E-state index in [1.54, 1.807) is 26.4 Å². The van der Waals surface area contributed by atoms with Gasteiger partial charge in [0.2, 0.25) is 0 Å². The van der Waals surface area contributed by atoms with Crippen molar-refractivity contribution in [2.45, 2.75) is 19.3 Å². The number of ketones is 1. The number of hydrogen-bond acceptors (Lipinski definition) is 4. The number of Topliss-reactive ketones (excluding diaryl/α,β-unsaturated/α-hetero) is 1. The maximum absolute atomic E-state index is 12.5. The topological polar surface area (TPSA) is 47.6 Å². The molecule has 0 saturated carbocycles. The molecule has 0 atom stereocenters. The van der Waals surface area contributed by atoms with Gasteiger partial charge in [-0.1, -0.05) is 6.07 Å². The van der Waals surface area contributed by atoms with Crippen LogP contribution in [0.1, 0.15) is 29.6 Å². The second kappa shape index (κ2) is 6.57. The Morgan fingerprint density at radius 2 is 1.79 bits per heavy atom. The first kappa shape index (κ1) is 13.9. The van der Waals surface area contributed by atoms with Crippen LogP contribution >= 0.6 is 0 Å². The van der Waals surface area contributed by atoms with Crippen LogP contribution in [0, 0.1) is 5.92 Å². The number of hydrogen-bond donors (Lipinski definition) is 1. The van der Waals surface area contributed by atoms with Gasteiger partial charge in [-0.05, 0) is 44.0 Å². The van der Waals surface area contributed by atoms with E-state index in [-0.39, 0.29) is 5.78 Å². The summed E-state index contributed by atoms with van der Waals surface area (Å²) in [6.45, 7) is 2.00. The lowest BCUT2D eigenvalue weighted by Crippen LogP contribution is -2.29. The molecule has 1 aliphatic rings. The molecule has 2 rings (SSSR count). The van der Waals surface area contributed by atoms with E-state index in [4.69, 9.17) is 9.47 Å². The smallest absolute Gasteiger partial charge is 0.170 e. The van der Waals surface area contributed by atoms with Crippen molar-refractivity contribution in [1.82, 2.24) is 5.32 Å². The first-order chi connectivity index (χ1) is 9.26. The van der Waals surface area contributed by atoms with Crippen molar-refractivity contribution in [3.63, 3.8) is 0 Å². The Labute approximate surface area is 114 Å². The number of rotatable bonds is 5. The minimum absolute atomic E-state index is 0.112. The Kier molecular flexibility index (Phi) is 4.80. The summed E-state index contributed by atoms with van der Waals surface area (Å²) < 4.78 is 10.6. The molecule has 1 aromatic rings. The Hall–Kier alpha value is -1.55. The molecule has 0 bridgehead atoms. The number of methoxy groups -OCH3 is 2. The van der Waals surface area contributed by atoms with E-state index in [1.165, 1.54) is 0 Å². The van der Waals surface area contributed by atoms with Crippen molar-refractivity contribution < 1.29 is 14.3 Å². The summed E-state index contributed by atoms with van der Waals surface area (Å²) in [5.41, 5.74) is 0.575. The SMILES string of the molecule is COc1cccc(OC)c1C(=O)CC1CCNCC1. The monoisotopic (exact) mass is 263 g/mol. The fourth-order valence-electron chi connectivity index (χ4n) is 2.58. The quantitative estimate of drug-likeness (QED) is 0.828. The second-order valence-electron chi connectivity index (χ2n) is 4.86. The molecule has 1 aromatic carbocycles. The normalized spacial score (nSPS) is 16.1. The zero-order valence-electron chi connectivity index (χ0n) is 11.6. The lowest BCUT2D eigenvalue weighted by Gasteiger charge is -2.22. The van der Waals surface area contributed by atoms with Crippen molar-refractivity contribution in [3.8, 4) is 11.5 Å². The van der Waals surface area contributed by atoms with Crippen LogP contribution in [0.3, 0.4) is 0 Å². The molecule has 0 radical (unpaired) electrons. The van der Waals surface area contributed by atoms with Crippen molar-refractivity contribution in [3.05, 3.63) is 23.8 Å². The van der Waals surface area contributed by atoms with E-state index in [2.05, 4.69) is 5.32 Å². The highest BCUT2D eigenvalue weighted by atomic mass is 16.5. The summed E-state index contributed by atoms with van der Waals surface area (Å²) in [5.74, 6) is 1.76. The molecular weight excluding hydrogens is 242 g/mol. The highest BCUT2D eigenvalue weighted by Gasteiger charge is 2.22. The first-order valence-corrected chi connectivity index (χ1v) is 6.71. The number of nitrogens with one attached hydrogen (secondary N) is 1. The number of benzene rings is 1. The average Bonchev–Trinajstić information content (AvgIpc) is 2.47. The molecule has 104 valence electrons. The van der Waals surface area contributed by atoms with Crippen LogP contribution in [0.25, 0.3) is 0 Å². The van der Waals surface area contributed by atoms with Gasteiger partial charge in [-0.15, -0.1) is 0 Å². The van der Waals surface area contributed by atoms with Crippen LogP contribution < -0.4 is 14.8 Å². The van der Waals surface area contributed by atoms with Gasteiger partial charge in [0.15, 0.2) is 5.78 Å². The van der Waals surface area contributed by atoms with Crippen molar-refractivity contribution >= 4 is 5.78 Å². The molecule has 1 saturated heterocycles. The van der Waals surface area contributed by atoms with Crippen LogP contribution in [0.5, 0.6) is 11.5 Å². The maximum atomic E-state index is 12.5. The van der Waals surface area contributed by atoms with Crippen molar-refractivity contribution in [2.24, 2.45) is 5.92 Å². The van der Waals surface area contributed by atoms with E-state index in [1.807, 2.05) is 6.07 Å². The predicted molar refractivity (Wildman–Crippen MR) is 74.1 cm³/mol. The van der Waals surface area contributed by atoms with Crippen LogP contribution in [-0.4, -0.2) is 33.1 Å². The summed E-state index contributed by atoms with van der Waals surface area (Å²) >= 11 is 0. The summed E-state index contributed by atoms with van der Waals surface area (Å²) in [5, 5.41) is 3.31. The van der Waals surface area contributed by atoms with Gasteiger partial charge in [-0.2, -0.15) is 0 Å². The third-order valence-corrected chi connectivity index (χ3v) is 3.64. The Balaban J connectivity index is 2.17. The van der Waals surface area contributed by atoms with Gasteiger partial charge >= 0.3 is 0 Å². The van der Waals surface area contributed by atoms with Gasteiger partial charge in [0, 0.05) is 6.42 Å². The average molecular weight is 263 g/mol. The molecule has 0 aliphatic carbocycles. The molecule has 0 aromatic heterocycles. The van der Waals surface area contributed by atoms with Gasteiger partial charge in [-0.3, -0.25) is 4.79 Å². The van der Waals surface area contributed by atoms with Crippen LogP contribution in [-0.2, 0) is 0 Å². The fraction of sp³-hybridized carbons (Fsp3) is 0.533. The van der Waals surface area contributed by atoms with Crippen LogP contribution in [0.4, 0.5) is 0 Å². The molecule has 0 spiro atoms. The van der Waals surface area contributed by atoms with Crippen LogP contribution in [0.15, 0.2) is 18.2 Å². The third-order valence-electron chi connectivity index (χ3n) is 3.64. The van der Waals surface area contributed by atoms with Crippen LogP contribution in [0.2, 0.25) is 0 Å². The summed E-state index contributed by atoms with van der Waals surface area (Å²) in [6.07, 6.45) is 2.69. The summed E-state index contributed by atoms with van der Waals surface area (Å²) in [7, 11) is 3.16. The predicted octanol–water partition coefficient (Wildman–Crippen LogP) is 2.28. The van der Waals surface area contributed by atoms with E-state index in [9.17, 15) is 4.79 Å². The lowest BCUT2D eigenvalue weighted by atomic mass is 9.90. The number of carbonyl (C=O) groups excluding carboxylic acids is 1. The minimum atomic E-state index is 0.112. The fourth-order valence-corrected chi connectivity index (χ4v) is 2.58. The van der Waals surface area contributed by atoms with Gasteiger partial charge < -0.3 is 14.8 Å². The molecule has 1 heterocycles. The molecule has 0 amide bonds. The van der Waals surface area contributed by atoms with E-state index >= 15 is 0 Å². The second-order valence-corrected chi connectivity index (χ2v) is 4.86. The molecular formula is C15H21NO3. The Bertz CT molecular complexity index is 417.